The minimum atomic E-state index is -0.445. The predicted octanol–water partition coefficient (Wildman–Crippen LogP) is 3.84. The number of ether oxygens (including phenoxy) is 1. The predicted molar refractivity (Wildman–Crippen MR) is 74.6 cm³/mol. The van der Waals surface area contributed by atoms with Crippen molar-refractivity contribution in [3.8, 4) is 5.75 Å². The average Bonchev–Trinajstić information content (AvgIpc) is 2.38. The second-order valence-electron chi connectivity index (χ2n) is 4.19. The van der Waals surface area contributed by atoms with Crippen LogP contribution in [0.15, 0.2) is 42.5 Å². The molecule has 2 aromatic carbocycles. The summed E-state index contributed by atoms with van der Waals surface area (Å²) in [6, 6.07) is 12.5. The van der Waals surface area contributed by atoms with E-state index in [1.54, 1.807) is 6.07 Å². The Labute approximate surface area is 113 Å². The topological polar surface area (TPSA) is 29.5 Å². The van der Waals surface area contributed by atoms with Crippen LogP contribution >= 0.6 is 0 Å². The van der Waals surface area contributed by atoms with Crippen LogP contribution < -0.4 is 4.74 Å². The minimum absolute atomic E-state index is 0. The van der Waals surface area contributed by atoms with Crippen LogP contribution in [0.4, 0.5) is 4.39 Å². The van der Waals surface area contributed by atoms with Gasteiger partial charge in [0.05, 0.1) is 6.61 Å². The van der Waals surface area contributed by atoms with Gasteiger partial charge in [-0.05, 0) is 18.6 Å². The highest BCUT2D eigenvalue weighted by atomic mass is 19.1. The van der Waals surface area contributed by atoms with Crippen molar-refractivity contribution in [2.75, 3.05) is 0 Å². The first-order chi connectivity index (χ1) is 8.69. The molecule has 0 spiro atoms. The van der Waals surface area contributed by atoms with Gasteiger partial charge in [-0.1, -0.05) is 43.3 Å². The van der Waals surface area contributed by atoms with Gasteiger partial charge in [-0.2, -0.15) is 0 Å². The van der Waals surface area contributed by atoms with Crippen LogP contribution in [0.2, 0.25) is 0 Å². The number of aliphatic hydroxyl groups excluding tert-OH is 1. The van der Waals surface area contributed by atoms with E-state index in [0.29, 0.717) is 12.4 Å². The maximum absolute atomic E-state index is 13.4. The number of aliphatic hydroxyl groups is 1. The lowest BCUT2D eigenvalue weighted by atomic mass is 10.2. The molecule has 102 valence electrons. The largest absolute Gasteiger partial charge is 0.489 e. The number of hydrogen-bond donors (Lipinski definition) is 1. The normalized spacial score (nSPS) is 9.84. The van der Waals surface area contributed by atoms with Gasteiger partial charge in [0, 0.05) is 11.6 Å². The lowest BCUT2D eigenvalue weighted by Crippen LogP contribution is -1.97. The van der Waals surface area contributed by atoms with Gasteiger partial charge in [0.15, 0.2) is 0 Å². The Morgan fingerprint density at radius 1 is 1.11 bits per heavy atom. The quantitative estimate of drug-likeness (QED) is 0.907. The van der Waals surface area contributed by atoms with Crippen molar-refractivity contribution >= 4 is 0 Å². The molecule has 0 fully saturated rings. The summed E-state index contributed by atoms with van der Waals surface area (Å²) < 4.78 is 18.9. The molecule has 0 aliphatic carbocycles. The second-order valence-corrected chi connectivity index (χ2v) is 4.19. The molecule has 0 saturated carbocycles. The van der Waals surface area contributed by atoms with Gasteiger partial charge in [0.25, 0.3) is 0 Å². The zero-order valence-corrected chi connectivity index (χ0v) is 10.2. The number of hydrogen-bond acceptors (Lipinski definition) is 2. The van der Waals surface area contributed by atoms with Gasteiger partial charge >= 0.3 is 0 Å². The zero-order valence-electron chi connectivity index (χ0n) is 10.2. The Hall–Kier alpha value is -1.87. The number of aryl methyl sites for hydroxylation is 1. The van der Waals surface area contributed by atoms with Crippen LogP contribution in [0, 0.1) is 12.7 Å². The standard InChI is InChI=1S/C15H15FO2.CH4/c1-11-2-4-12(5-3-11)10-18-14-7-6-13(9-17)15(16)8-14;/h2-8,17H,9-10H2,1H3;1H4. The molecule has 0 amide bonds. The third kappa shape index (κ3) is 4.07. The Morgan fingerprint density at radius 2 is 1.79 bits per heavy atom. The summed E-state index contributed by atoms with van der Waals surface area (Å²) in [5.74, 6) is 0.0178. The SMILES string of the molecule is C.Cc1ccc(COc2ccc(CO)c(F)c2)cc1. The van der Waals surface area contributed by atoms with E-state index in [2.05, 4.69) is 0 Å². The van der Waals surface area contributed by atoms with E-state index in [9.17, 15) is 4.39 Å². The molecule has 0 aliphatic rings. The van der Waals surface area contributed by atoms with Crippen molar-refractivity contribution < 1.29 is 14.2 Å². The molecule has 0 bridgehead atoms. The van der Waals surface area contributed by atoms with Crippen molar-refractivity contribution in [2.45, 2.75) is 27.6 Å². The molecule has 0 radical (unpaired) electrons. The van der Waals surface area contributed by atoms with E-state index >= 15 is 0 Å². The lowest BCUT2D eigenvalue weighted by Gasteiger charge is -2.08. The van der Waals surface area contributed by atoms with Gasteiger partial charge in [0.1, 0.15) is 18.2 Å². The summed E-state index contributed by atoms with van der Waals surface area (Å²) in [7, 11) is 0. The van der Waals surface area contributed by atoms with E-state index < -0.39 is 5.82 Å². The molecule has 0 unspecified atom stereocenters. The fourth-order valence-electron chi connectivity index (χ4n) is 1.60. The minimum Gasteiger partial charge on any atom is -0.489 e. The first-order valence-corrected chi connectivity index (χ1v) is 5.76. The van der Waals surface area contributed by atoms with Gasteiger partial charge in [-0.25, -0.2) is 4.39 Å². The van der Waals surface area contributed by atoms with Crippen molar-refractivity contribution in [1.82, 2.24) is 0 Å². The number of rotatable bonds is 4. The third-order valence-corrected chi connectivity index (χ3v) is 2.72. The van der Waals surface area contributed by atoms with Gasteiger partial charge in [0.2, 0.25) is 0 Å². The molecule has 0 aliphatic heterocycles. The van der Waals surface area contributed by atoms with E-state index in [1.165, 1.54) is 17.7 Å². The van der Waals surface area contributed by atoms with Gasteiger partial charge < -0.3 is 9.84 Å². The summed E-state index contributed by atoms with van der Waals surface area (Å²) in [5, 5.41) is 8.86. The highest BCUT2D eigenvalue weighted by Gasteiger charge is 2.03. The fourth-order valence-corrected chi connectivity index (χ4v) is 1.60. The van der Waals surface area contributed by atoms with Crippen molar-refractivity contribution in [3.63, 3.8) is 0 Å². The van der Waals surface area contributed by atoms with Crippen LogP contribution in [0.3, 0.4) is 0 Å². The van der Waals surface area contributed by atoms with Crippen molar-refractivity contribution in [1.29, 1.82) is 0 Å². The lowest BCUT2D eigenvalue weighted by molar-refractivity contribution is 0.273. The molecule has 0 aromatic heterocycles. The molecule has 2 rings (SSSR count). The highest BCUT2D eigenvalue weighted by molar-refractivity contribution is 5.29. The molecule has 19 heavy (non-hydrogen) atoms. The third-order valence-electron chi connectivity index (χ3n) is 2.72. The Kier molecular flexibility index (Phi) is 5.52. The molecule has 0 heterocycles. The molecular weight excluding hydrogens is 243 g/mol. The van der Waals surface area contributed by atoms with Gasteiger partial charge in [-0.15, -0.1) is 0 Å². The summed E-state index contributed by atoms with van der Waals surface area (Å²) in [5.41, 5.74) is 2.50. The Bertz CT molecular complexity index is 521. The summed E-state index contributed by atoms with van der Waals surface area (Å²) in [6.07, 6.45) is 0. The number of halogens is 1. The summed E-state index contributed by atoms with van der Waals surface area (Å²) >= 11 is 0. The van der Waals surface area contributed by atoms with Crippen LogP contribution in [0.25, 0.3) is 0 Å². The highest BCUT2D eigenvalue weighted by Crippen LogP contribution is 2.18. The average molecular weight is 262 g/mol. The van der Waals surface area contributed by atoms with Crippen LogP contribution in [0.5, 0.6) is 5.75 Å². The van der Waals surface area contributed by atoms with Crippen molar-refractivity contribution in [2.24, 2.45) is 0 Å². The Balaban J connectivity index is 0.00000180. The number of benzene rings is 2. The molecule has 2 nitrogen and oxygen atoms in total. The molecule has 0 atom stereocenters. The zero-order chi connectivity index (χ0) is 13.0. The smallest absolute Gasteiger partial charge is 0.132 e. The van der Waals surface area contributed by atoms with E-state index in [1.807, 2.05) is 31.2 Å². The first-order valence-electron chi connectivity index (χ1n) is 5.76. The van der Waals surface area contributed by atoms with E-state index in [4.69, 9.17) is 9.84 Å². The van der Waals surface area contributed by atoms with Crippen LogP contribution in [-0.4, -0.2) is 5.11 Å². The summed E-state index contributed by atoms with van der Waals surface area (Å²) in [4.78, 5) is 0. The van der Waals surface area contributed by atoms with Crippen molar-refractivity contribution in [3.05, 3.63) is 65.0 Å². The van der Waals surface area contributed by atoms with E-state index in [-0.39, 0.29) is 19.6 Å². The maximum atomic E-state index is 13.4. The Morgan fingerprint density at radius 3 is 2.37 bits per heavy atom. The molecule has 2 aromatic rings. The molecule has 0 saturated heterocycles. The van der Waals surface area contributed by atoms with Gasteiger partial charge in [-0.3, -0.25) is 0 Å². The molecule has 3 heteroatoms. The summed E-state index contributed by atoms with van der Waals surface area (Å²) in [6.45, 7) is 2.12. The first kappa shape index (κ1) is 15.2. The second kappa shape index (κ2) is 6.90. The monoisotopic (exact) mass is 262 g/mol. The van der Waals surface area contributed by atoms with Crippen LogP contribution in [0.1, 0.15) is 24.1 Å². The molecule has 1 N–H and O–H groups in total. The maximum Gasteiger partial charge on any atom is 0.132 e. The van der Waals surface area contributed by atoms with E-state index in [0.717, 1.165) is 5.56 Å². The van der Waals surface area contributed by atoms with Crippen LogP contribution in [-0.2, 0) is 13.2 Å². The molecular formula is C16H19FO2. The fraction of sp³-hybridized carbons (Fsp3) is 0.250.